The number of nitrogens with zero attached hydrogens (tertiary/aromatic N) is 2. The van der Waals surface area contributed by atoms with Crippen LogP contribution < -0.4 is 16.2 Å². The van der Waals surface area contributed by atoms with Crippen molar-refractivity contribution < 1.29 is 0 Å². The third-order valence-corrected chi connectivity index (χ3v) is 2.92. The number of hydrogen-bond acceptors (Lipinski definition) is 4. The van der Waals surface area contributed by atoms with Crippen molar-refractivity contribution in [2.24, 2.45) is 5.73 Å². The van der Waals surface area contributed by atoms with Gasteiger partial charge in [-0.1, -0.05) is 30.4 Å². The Morgan fingerprint density at radius 3 is 3.00 bits per heavy atom. The summed E-state index contributed by atoms with van der Waals surface area (Å²) < 4.78 is 0. The summed E-state index contributed by atoms with van der Waals surface area (Å²) in [6, 6.07) is 7.62. The number of aromatic nitrogens is 2. The van der Waals surface area contributed by atoms with E-state index in [1.54, 1.807) is 11.1 Å². The molecule has 0 fully saturated rings. The summed E-state index contributed by atoms with van der Waals surface area (Å²) >= 11 is 4.95. The van der Waals surface area contributed by atoms with Gasteiger partial charge in [0.1, 0.15) is 4.99 Å². The van der Waals surface area contributed by atoms with E-state index in [1.807, 2.05) is 31.3 Å². The predicted molar refractivity (Wildman–Crippen MR) is 79.3 cm³/mol. The van der Waals surface area contributed by atoms with Crippen molar-refractivity contribution in [3.63, 3.8) is 0 Å². The summed E-state index contributed by atoms with van der Waals surface area (Å²) in [5.41, 5.74) is 7.21. The minimum Gasteiger partial charge on any atom is -0.389 e. The topological polar surface area (TPSA) is 75.0 Å². The molecule has 0 amide bonds. The van der Waals surface area contributed by atoms with E-state index < -0.39 is 0 Å². The van der Waals surface area contributed by atoms with Crippen LogP contribution in [0.5, 0.6) is 0 Å². The van der Waals surface area contributed by atoms with Gasteiger partial charge in [-0.2, -0.15) is 0 Å². The molecule has 0 saturated heterocycles. The van der Waals surface area contributed by atoms with Gasteiger partial charge in [-0.25, -0.2) is 4.98 Å². The largest absolute Gasteiger partial charge is 0.389 e. The average Bonchev–Trinajstić information content (AvgIpc) is 2.39. The lowest BCUT2D eigenvalue weighted by Gasteiger charge is -2.17. The fraction of sp³-hybridized carbons (Fsp3) is 0.154. The van der Waals surface area contributed by atoms with Crippen molar-refractivity contribution in [2.45, 2.75) is 6.54 Å². The number of aromatic amines is 1. The third kappa shape index (κ3) is 3.17. The molecule has 0 atom stereocenters. The molecule has 0 aliphatic carbocycles. The molecule has 0 spiro atoms. The zero-order valence-corrected chi connectivity index (χ0v) is 11.3. The number of thiocarbonyl (C=S) groups is 1. The van der Waals surface area contributed by atoms with Crippen molar-refractivity contribution in [1.29, 1.82) is 0 Å². The molecule has 0 aliphatic heterocycles. The Bertz CT molecular complexity index is 653. The smallest absolute Gasteiger partial charge is 0.290 e. The first-order valence-corrected chi connectivity index (χ1v) is 6.12. The van der Waals surface area contributed by atoms with E-state index in [0.29, 0.717) is 17.4 Å². The zero-order chi connectivity index (χ0) is 13.8. The van der Waals surface area contributed by atoms with E-state index in [1.165, 1.54) is 6.20 Å². The molecule has 0 aliphatic rings. The number of H-pyrrole nitrogens is 1. The van der Waals surface area contributed by atoms with Gasteiger partial charge in [0.2, 0.25) is 0 Å². The Morgan fingerprint density at radius 1 is 1.53 bits per heavy atom. The van der Waals surface area contributed by atoms with E-state index >= 15 is 0 Å². The lowest BCUT2D eigenvalue weighted by atomic mass is 10.1. The summed E-state index contributed by atoms with van der Waals surface area (Å²) in [4.78, 5) is 20.4. The van der Waals surface area contributed by atoms with Gasteiger partial charge in [0.25, 0.3) is 5.56 Å². The van der Waals surface area contributed by atoms with Gasteiger partial charge >= 0.3 is 0 Å². The van der Waals surface area contributed by atoms with Crippen molar-refractivity contribution >= 4 is 23.0 Å². The van der Waals surface area contributed by atoms with Gasteiger partial charge < -0.3 is 15.6 Å². The van der Waals surface area contributed by atoms with Crippen LogP contribution in [0, 0.1) is 0 Å². The van der Waals surface area contributed by atoms with Crippen LogP contribution >= 0.6 is 12.2 Å². The van der Waals surface area contributed by atoms with Crippen LogP contribution in [0.4, 0.5) is 5.82 Å². The van der Waals surface area contributed by atoms with Gasteiger partial charge in [0.15, 0.2) is 5.82 Å². The molecule has 0 bridgehead atoms. The molecule has 2 aromatic rings. The number of nitrogens with two attached hydrogens (primary N) is 1. The predicted octanol–water partition coefficient (Wildman–Crippen LogP) is 1.04. The van der Waals surface area contributed by atoms with Crippen molar-refractivity contribution in [3.05, 3.63) is 58.1 Å². The second kappa shape index (κ2) is 5.62. The highest BCUT2D eigenvalue weighted by atomic mass is 32.1. The van der Waals surface area contributed by atoms with Gasteiger partial charge in [-0.05, 0) is 11.6 Å². The highest BCUT2D eigenvalue weighted by Crippen LogP contribution is 2.10. The molecule has 1 heterocycles. The summed E-state index contributed by atoms with van der Waals surface area (Å²) in [6.07, 6.45) is 3.06. The van der Waals surface area contributed by atoms with E-state index in [-0.39, 0.29) is 5.56 Å². The van der Waals surface area contributed by atoms with Crippen LogP contribution in [0.2, 0.25) is 0 Å². The maximum absolute atomic E-state index is 11.6. The highest BCUT2D eigenvalue weighted by molar-refractivity contribution is 7.80. The Balaban J connectivity index is 2.22. The van der Waals surface area contributed by atoms with Crippen molar-refractivity contribution in [1.82, 2.24) is 9.97 Å². The minimum absolute atomic E-state index is 0.212. The first-order valence-electron chi connectivity index (χ1n) is 5.71. The Hall–Kier alpha value is -2.21. The molecule has 3 N–H and O–H groups in total. The second-order valence-electron chi connectivity index (χ2n) is 4.16. The fourth-order valence-corrected chi connectivity index (χ4v) is 1.91. The summed E-state index contributed by atoms with van der Waals surface area (Å²) in [6.45, 7) is 0.552. The van der Waals surface area contributed by atoms with Crippen LogP contribution in [0.25, 0.3) is 0 Å². The Kier molecular flexibility index (Phi) is 3.91. The molecule has 98 valence electrons. The molecule has 1 aromatic carbocycles. The molecule has 5 nitrogen and oxygen atoms in total. The molecule has 0 unspecified atom stereocenters. The summed E-state index contributed by atoms with van der Waals surface area (Å²) in [5, 5.41) is 0. The van der Waals surface area contributed by atoms with E-state index in [9.17, 15) is 4.79 Å². The molecule has 2 rings (SSSR count). The Morgan fingerprint density at radius 2 is 2.32 bits per heavy atom. The van der Waals surface area contributed by atoms with Gasteiger partial charge in [0.05, 0.1) is 0 Å². The van der Waals surface area contributed by atoms with Gasteiger partial charge in [-0.15, -0.1) is 0 Å². The van der Waals surface area contributed by atoms with Gasteiger partial charge in [0, 0.05) is 31.5 Å². The fourth-order valence-electron chi connectivity index (χ4n) is 1.79. The number of benzene rings is 1. The monoisotopic (exact) mass is 274 g/mol. The standard InChI is InChI=1S/C13H14N4OS/c1-17(12-13(18)16-6-5-15-12)8-9-3-2-4-10(7-9)11(14)19/h2-7H,8H2,1H3,(H2,14,19)(H,16,18). The molecule has 0 radical (unpaired) electrons. The van der Waals surface area contributed by atoms with Crippen molar-refractivity contribution in [2.75, 3.05) is 11.9 Å². The van der Waals surface area contributed by atoms with E-state index in [0.717, 1.165) is 11.1 Å². The number of rotatable bonds is 4. The SMILES string of the molecule is CN(Cc1cccc(C(N)=S)c1)c1ncc[nH]c1=O. The molecule has 0 saturated carbocycles. The lowest BCUT2D eigenvalue weighted by Crippen LogP contribution is -2.25. The normalized spacial score (nSPS) is 10.2. The number of hydrogen-bond donors (Lipinski definition) is 2. The quantitative estimate of drug-likeness (QED) is 0.815. The van der Waals surface area contributed by atoms with Crippen LogP contribution in [-0.4, -0.2) is 22.0 Å². The number of nitrogens with one attached hydrogen (secondary N) is 1. The molecule has 19 heavy (non-hydrogen) atoms. The van der Waals surface area contributed by atoms with E-state index in [2.05, 4.69) is 9.97 Å². The Labute approximate surface area is 116 Å². The summed E-state index contributed by atoms with van der Waals surface area (Å²) in [5.74, 6) is 0.378. The second-order valence-corrected chi connectivity index (χ2v) is 4.60. The number of anilines is 1. The highest BCUT2D eigenvalue weighted by Gasteiger charge is 2.08. The van der Waals surface area contributed by atoms with Crippen LogP contribution in [0.3, 0.4) is 0 Å². The third-order valence-electron chi connectivity index (χ3n) is 2.68. The van der Waals surface area contributed by atoms with Crippen LogP contribution in [-0.2, 0) is 6.54 Å². The minimum atomic E-state index is -0.212. The first kappa shape index (κ1) is 13.2. The average molecular weight is 274 g/mol. The molecular formula is C13H14N4OS. The van der Waals surface area contributed by atoms with Crippen LogP contribution in [0.1, 0.15) is 11.1 Å². The molecule has 1 aromatic heterocycles. The maximum atomic E-state index is 11.6. The van der Waals surface area contributed by atoms with Crippen LogP contribution in [0.15, 0.2) is 41.5 Å². The molecular weight excluding hydrogens is 260 g/mol. The maximum Gasteiger partial charge on any atom is 0.290 e. The first-order chi connectivity index (χ1) is 9.08. The van der Waals surface area contributed by atoms with E-state index in [4.69, 9.17) is 18.0 Å². The summed E-state index contributed by atoms with van der Waals surface area (Å²) in [7, 11) is 1.81. The van der Waals surface area contributed by atoms with Crippen molar-refractivity contribution in [3.8, 4) is 0 Å². The van der Waals surface area contributed by atoms with Gasteiger partial charge in [-0.3, -0.25) is 4.79 Å². The lowest BCUT2D eigenvalue weighted by molar-refractivity contribution is 0.879. The molecule has 6 heteroatoms. The zero-order valence-electron chi connectivity index (χ0n) is 10.5.